The zero-order valence-corrected chi connectivity index (χ0v) is 20.1. The van der Waals surface area contributed by atoms with Crippen molar-refractivity contribution in [2.24, 2.45) is 0 Å². The van der Waals surface area contributed by atoms with Crippen LogP contribution in [0.15, 0.2) is 91.0 Å². The molecule has 0 radical (unpaired) electrons. The summed E-state index contributed by atoms with van der Waals surface area (Å²) in [6.45, 7) is 3.94. The van der Waals surface area contributed by atoms with Crippen LogP contribution in [0.3, 0.4) is 0 Å². The van der Waals surface area contributed by atoms with Gasteiger partial charge in [-0.3, -0.25) is 4.79 Å². The summed E-state index contributed by atoms with van der Waals surface area (Å²) >= 11 is 6.57. The third kappa shape index (κ3) is 4.72. The topological polar surface area (TPSA) is 66.9 Å². The molecular formula is C29H23ClN4O. The summed E-state index contributed by atoms with van der Waals surface area (Å²) in [6, 6.07) is 28.9. The van der Waals surface area contributed by atoms with Gasteiger partial charge in [-0.25, -0.2) is 9.97 Å². The smallest absolute Gasteiger partial charge is 0.255 e. The Morgan fingerprint density at radius 1 is 0.800 bits per heavy atom. The number of benzene rings is 4. The quantitative estimate of drug-likeness (QED) is 0.273. The molecule has 2 N–H and O–H groups in total. The lowest BCUT2D eigenvalue weighted by Crippen LogP contribution is -2.14. The molecule has 0 fully saturated rings. The van der Waals surface area contributed by atoms with Crippen LogP contribution in [0.5, 0.6) is 0 Å². The van der Waals surface area contributed by atoms with Gasteiger partial charge in [0, 0.05) is 22.2 Å². The molecule has 0 aliphatic carbocycles. The van der Waals surface area contributed by atoms with Gasteiger partial charge in [0.15, 0.2) is 0 Å². The second kappa shape index (κ2) is 9.57. The standard InChI is InChI=1S/C29H23ClN4O/c1-18-9-8-10-19(2)26(18)33-28(35)21-15-16-25(23(30)17-21)32-29-31-24-14-7-6-13-22(24)27(34-29)20-11-4-3-5-12-20/h3-17H,1-2H3,(H,33,35)(H,31,32,34). The number of rotatable bonds is 5. The van der Waals surface area contributed by atoms with E-state index in [1.165, 1.54) is 0 Å². The van der Waals surface area contributed by atoms with Crippen molar-refractivity contribution in [2.75, 3.05) is 10.6 Å². The molecule has 35 heavy (non-hydrogen) atoms. The molecule has 5 nitrogen and oxygen atoms in total. The molecule has 6 heteroatoms. The summed E-state index contributed by atoms with van der Waals surface area (Å²) in [5.41, 5.74) is 6.56. The van der Waals surface area contributed by atoms with E-state index in [1.54, 1.807) is 18.2 Å². The summed E-state index contributed by atoms with van der Waals surface area (Å²) in [4.78, 5) is 22.3. The SMILES string of the molecule is Cc1cccc(C)c1NC(=O)c1ccc(Nc2nc(-c3ccccc3)c3ccccc3n2)c(Cl)c1. The highest BCUT2D eigenvalue weighted by Crippen LogP contribution is 2.30. The molecule has 0 aliphatic heterocycles. The summed E-state index contributed by atoms with van der Waals surface area (Å²) < 4.78 is 0. The van der Waals surface area contributed by atoms with Crippen LogP contribution in [0.2, 0.25) is 5.02 Å². The molecule has 0 aliphatic rings. The lowest BCUT2D eigenvalue weighted by atomic mass is 10.1. The summed E-state index contributed by atoms with van der Waals surface area (Å²) in [6.07, 6.45) is 0. The molecule has 1 aromatic heterocycles. The van der Waals surface area contributed by atoms with E-state index in [4.69, 9.17) is 16.6 Å². The molecule has 1 amide bonds. The largest absolute Gasteiger partial charge is 0.323 e. The van der Waals surface area contributed by atoms with Crippen LogP contribution in [0.25, 0.3) is 22.2 Å². The van der Waals surface area contributed by atoms with Crippen molar-refractivity contribution in [3.63, 3.8) is 0 Å². The normalized spacial score (nSPS) is 10.8. The number of amides is 1. The fourth-order valence-corrected chi connectivity index (χ4v) is 4.25. The second-order valence-corrected chi connectivity index (χ2v) is 8.73. The van der Waals surface area contributed by atoms with E-state index >= 15 is 0 Å². The van der Waals surface area contributed by atoms with Gasteiger partial charge < -0.3 is 10.6 Å². The van der Waals surface area contributed by atoms with E-state index in [0.717, 1.165) is 39.0 Å². The predicted molar refractivity (Wildman–Crippen MR) is 144 cm³/mol. The maximum atomic E-state index is 12.9. The Morgan fingerprint density at radius 2 is 1.51 bits per heavy atom. The van der Waals surface area contributed by atoms with Gasteiger partial charge in [0.05, 0.1) is 21.9 Å². The zero-order chi connectivity index (χ0) is 24.4. The first kappa shape index (κ1) is 22.6. The first-order chi connectivity index (χ1) is 17.0. The number of aromatic nitrogens is 2. The molecule has 0 atom stereocenters. The number of carbonyl (C=O) groups excluding carboxylic acids is 1. The molecule has 0 saturated carbocycles. The number of hydrogen-bond donors (Lipinski definition) is 2. The van der Waals surface area contributed by atoms with Crippen LogP contribution >= 0.6 is 11.6 Å². The summed E-state index contributed by atoms with van der Waals surface area (Å²) in [5.74, 6) is 0.210. The van der Waals surface area contributed by atoms with Gasteiger partial charge in [-0.05, 0) is 49.2 Å². The number of nitrogens with one attached hydrogen (secondary N) is 2. The third-order valence-electron chi connectivity index (χ3n) is 5.85. The minimum atomic E-state index is -0.218. The van der Waals surface area contributed by atoms with Gasteiger partial charge in [0.25, 0.3) is 5.91 Å². The van der Waals surface area contributed by atoms with Crippen LogP contribution in [0.4, 0.5) is 17.3 Å². The lowest BCUT2D eigenvalue weighted by Gasteiger charge is -2.13. The van der Waals surface area contributed by atoms with Crippen molar-refractivity contribution < 1.29 is 4.79 Å². The van der Waals surface area contributed by atoms with Gasteiger partial charge in [0.1, 0.15) is 0 Å². The Morgan fingerprint density at radius 3 is 2.26 bits per heavy atom. The molecule has 0 saturated heterocycles. The number of anilines is 3. The van der Waals surface area contributed by atoms with Crippen LogP contribution in [0, 0.1) is 13.8 Å². The molecule has 0 bridgehead atoms. The molecular weight excluding hydrogens is 456 g/mol. The Balaban J connectivity index is 1.44. The van der Waals surface area contributed by atoms with E-state index in [9.17, 15) is 4.79 Å². The average molecular weight is 479 g/mol. The highest BCUT2D eigenvalue weighted by molar-refractivity contribution is 6.33. The summed E-state index contributed by atoms with van der Waals surface area (Å²) in [7, 11) is 0. The molecule has 5 rings (SSSR count). The van der Waals surface area contributed by atoms with Crippen molar-refractivity contribution >= 4 is 45.7 Å². The number of carbonyl (C=O) groups is 1. The fourth-order valence-electron chi connectivity index (χ4n) is 4.02. The van der Waals surface area contributed by atoms with E-state index in [-0.39, 0.29) is 5.91 Å². The zero-order valence-electron chi connectivity index (χ0n) is 19.3. The minimum Gasteiger partial charge on any atom is -0.323 e. The van der Waals surface area contributed by atoms with Gasteiger partial charge >= 0.3 is 0 Å². The highest BCUT2D eigenvalue weighted by Gasteiger charge is 2.14. The van der Waals surface area contributed by atoms with Crippen LogP contribution in [0.1, 0.15) is 21.5 Å². The predicted octanol–water partition coefficient (Wildman–Crippen LogP) is 7.56. The number of fused-ring (bicyclic) bond motifs is 1. The Labute approximate surface area is 208 Å². The molecule has 4 aromatic carbocycles. The third-order valence-corrected chi connectivity index (χ3v) is 6.16. The van der Waals surface area contributed by atoms with Crippen LogP contribution < -0.4 is 10.6 Å². The molecule has 0 spiro atoms. The second-order valence-electron chi connectivity index (χ2n) is 8.32. The van der Waals surface area contributed by atoms with E-state index in [1.807, 2.05) is 86.6 Å². The van der Waals surface area contributed by atoms with E-state index in [0.29, 0.717) is 22.2 Å². The maximum Gasteiger partial charge on any atom is 0.255 e. The van der Waals surface area contributed by atoms with Crippen molar-refractivity contribution in [1.29, 1.82) is 0 Å². The summed E-state index contributed by atoms with van der Waals surface area (Å²) in [5, 5.41) is 7.58. The monoisotopic (exact) mass is 478 g/mol. The lowest BCUT2D eigenvalue weighted by molar-refractivity contribution is 0.102. The number of aryl methyl sites for hydroxylation is 2. The minimum absolute atomic E-state index is 0.218. The van der Waals surface area contributed by atoms with Crippen LogP contribution in [-0.4, -0.2) is 15.9 Å². The van der Waals surface area contributed by atoms with Crippen molar-refractivity contribution in [1.82, 2.24) is 9.97 Å². The van der Waals surface area contributed by atoms with Gasteiger partial charge in [-0.1, -0.05) is 78.3 Å². The number of hydrogen-bond acceptors (Lipinski definition) is 4. The average Bonchev–Trinajstić information content (AvgIpc) is 2.87. The fraction of sp³-hybridized carbons (Fsp3) is 0.0690. The first-order valence-electron chi connectivity index (χ1n) is 11.3. The van der Waals surface area contributed by atoms with Gasteiger partial charge in [0.2, 0.25) is 5.95 Å². The Bertz CT molecular complexity index is 1530. The van der Waals surface area contributed by atoms with Crippen molar-refractivity contribution in [3.05, 3.63) is 113 Å². The molecule has 172 valence electrons. The molecule has 0 unspecified atom stereocenters. The van der Waals surface area contributed by atoms with Crippen molar-refractivity contribution in [3.8, 4) is 11.3 Å². The van der Waals surface area contributed by atoms with Gasteiger partial charge in [-0.2, -0.15) is 0 Å². The Hall–Kier alpha value is -4.22. The molecule has 5 aromatic rings. The highest BCUT2D eigenvalue weighted by atomic mass is 35.5. The van der Waals surface area contributed by atoms with E-state index in [2.05, 4.69) is 15.6 Å². The number of para-hydroxylation sites is 2. The van der Waals surface area contributed by atoms with Gasteiger partial charge in [-0.15, -0.1) is 0 Å². The Kier molecular flexibility index (Phi) is 6.17. The number of nitrogens with zero attached hydrogens (tertiary/aromatic N) is 2. The number of halogens is 1. The first-order valence-corrected chi connectivity index (χ1v) is 11.6. The maximum absolute atomic E-state index is 12.9. The van der Waals surface area contributed by atoms with Crippen LogP contribution in [-0.2, 0) is 0 Å². The van der Waals surface area contributed by atoms with Crippen molar-refractivity contribution in [2.45, 2.75) is 13.8 Å². The molecule has 1 heterocycles. The van der Waals surface area contributed by atoms with E-state index < -0.39 is 0 Å².